The topological polar surface area (TPSA) is 87.7 Å². The van der Waals surface area contributed by atoms with Crippen LogP contribution in [0.15, 0.2) is 23.1 Å². The Hall–Kier alpha value is -1.48. The Morgan fingerprint density at radius 2 is 2.04 bits per heavy atom. The van der Waals surface area contributed by atoms with Gasteiger partial charge in [-0.25, -0.2) is 8.42 Å². The highest BCUT2D eigenvalue weighted by molar-refractivity contribution is 7.89. The molecule has 0 aliphatic carbocycles. The number of sulfonamides is 1. The molecule has 1 amide bonds. The van der Waals surface area contributed by atoms with E-state index in [1.54, 1.807) is 19.1 Å². The van der Waals surface area contributed by atoms with Gasteiger partial charge in [-0.1, -0.05) is 13.0 Å². The van der Waals surface area contributed by atoms with Gasteiger partial charge in [0.15, 0.2) is 0 Å². The molecule has 2 saturated heterocycles. The van der Waals surface area contributed by atoms with Crippen LogP contribution in [0.2, 0.25) is 0 Å². The number of morpholine rings is 1. The summed E-state index contributed by atoms with van der Waals surface area (Å²) in [4.78, 5) is 12.9. The van der Waals surface area contributed by atoms with Gasteiger partial charge in [-0.15, -0.1) is 0 Å². The Balaban J connectivity index is 1.81. The van der Waals surface area contributed by atoms with Gasteiger partial charge in [0.1, 0.15) is 0 Å². The van der Waals surface area contributed by atoms with E-state index in [1.807, 2.05) is 0 Å². The Bertz CT molecular complexity index is 760. The second-order valence-electron chi connectivity index (χ2n) is 7.05. The SMILES string of the molecule is Cc1ccc(C(=O)NC2CNCCC2C)cc1S(=O)(=O)N1CCOCC1. The summed E-state index contributed by atoms with van der Waals surface area (Å²) in [5.41, 5.74) is 1.01. The van der Waals surface area contributed by atoms with E-state index in [0.29, 0.717) is 43.3 Å². The molecular formula is C18H27N3O4S. The third-order valence-electron chi connectivity index (χ3n) is 5.18. The van der Waals surface area contributed by atoms with Crippen molar-refractivity contribution in [3.05, 3.63) is 29.3 Å². The van der Waals surface area contributed by atoms with E-state index < -0.39 is 10.0 Å². The maximum atomic E-state index is 13.0. The van der Waals surface area contributed by atoms with E-state index in [4.69, 9.17) is 4.74 Å². The number of rotatable bonds is 4. The summed E-state index contributed by atoms with van der Waals surface area (Å²) in [5.74, 6) is 0.158. The Labute approximate surface area is 155 Å². The number of aryl methyl sites for hydroxylation is 1. The molecule has 0 saturated carbocycles. The molecule has 7 nitrogen and oxygen atoms in total. The molecule has 0 aromatic heterocycles. The molecule has 8 heteroatoms. The minimum Gasteiger partial charge on any atom is -0.379 e. The highest BCUT2D eigenvalue weighted by atomic mass is 32.2. The molecule has 2 atom stereocenters. The lowest BCUT2D eigenvalue weighted by molar-refractivity contribution is 0.0730. The molecule has 2 N–H and O–H groups in total. The molecule has 1 aromatic rings. The quantitative estimate of drug-likeness (QED) is 0.803. The van der Waals surface area contributed by atoms with Crippen LogP contribution in [0, 0.1) is 12.8 Å². The van der Waals surface area contributed by atoms with Gasteiger partial charge in [0, 0.05) is 31.2 Å². The Kier molecular flexibility index (Phi) is 5.96. The first-order valence-electron chi connectivity index (χ1n) is 9.09. The van der Waals surface area contributed by atoms with Crippen molar-refractivity contribution in [3.63, 3.8) is 0 Å². The fourth-order valence-corrected chi connectivity index (χ4v) is 5.04. The summed E-state index contributed by atoms with van der Waals surface area (Å²) in [6.45, 7) is 7.03. The highest BCUT2D eigenvalue weighted by Crippen LogP contribution is 2.22. The summed E-state index contributed by atoms with van der Waals surface area (Å²) >= 11 is 0. The molecule has 0 spiro atoms. The van der Waals surface area contributed by atoms with E-state index in [9.17, 15) is 13.2 Å². The number of benzene rings is 1. The lowest BCUT2D eigenvalue weighted by Gasteiger charge is -2.30. The van der Waals surface area contributed by atoms with Crippen molar-refractivity contribution in [2.24, 2.45) is 5.92 Å². The number of hydrogen-bond donors (Lipinski definition) is 2. The predicted octanol–water partition coefficient (Wildman–Crippen LogP) is 0.744. The molecule has 2 aliphatic heterocycles. The number of ether oxygens (including phenoxy) is 1. The van der Waals surface area contributed by atoms with E-state index >= 15 is 0 Å². The van der Waals surface area contributed by atoms with E-state index in [2.05, 4.69) is 17.6 Å². The molecule has 2 fully saturated rings. The smallest absolute Gasteiger partial charge is 0.251 e. The fourth-order valence-electron chi connectivity index (χ4n) is 3.38. The first-order chi connectivity index (χ1) is 12.4. The molecule has 1 aromatic carbocycles. The monoisotopic (exact) mass is 381 g/mol. The van der Waals surface area contributed by atoms with Crippen molar-refractivity contribution < 1.29 is 17.9 Å². The fraction of sp³-hybridized carbons (Fsp3) is 0.611. The minimum absolute atomic E-state index is 0.0526. The largest absolute Gasteiger partial charge is 0.379 e. The van der Waals surface area contributed by atoms with Crippen molar-refractivity contribution >= 4 is 15.9 Å². The Morgan fingerprint density at radius 3 is 2.73 bits per heavy atom. The standard InChI is InChI=1S/C18H27N3O4S/c1-13-5-6-19-12-16(13)20-18(22)15-4-3-14(2)17(11-15)26(23,24)21-7-9-25-10-8-21/h3-4,11,13,16,19H,5-10,12H2,1-2H3,(H,20,22). The van der Waals surface area contributed by atoms with Gasteiger partial charge in [0.2, 0.25) is 10.0 Å². The molecule has 0 bridgehead atoms. The second kappa shape index (κ2) is 8.04. The van der Waals surface area contributed by atoms with Gasteiger partial charge in [-0.05, 0) is 43.5 Å². The minimum atomic E-state index is -3.63. The maximum Gasteiger partial charge on any atom is 0.251 e. The number of piperidine rings is 1. The van der Waals surface area contributed by atoms with Gasteiger partial charge >= 0.3 is 0 Å². The van der Waals surface area contributed by atoms with Crippen LogP contribution < -0.4 is 10.6 Å². The zero-order chi connectivity index (χ0) is 18.7. The maximum absolute atomic E-state index is 13.0. The lowest BCUT2D eigenvalue weighted by atomic mass is 9.94. The predicted molar refractivity (Wildman–Crippen MR) is 98.7 cm³/mol. The van der Waals surface area contributed by atoms with E-state index in [1.165, 1.54) is 10.4 Å². The van der Waals surface area contributed by atoms with Crippen LogP contribution in [0.25, 0.3) is 0 Å². The van der Waals surface area contributed by atoms with E-state index in [0.717, 1.165) is 19.5 Å². The van der Waals surface area contributed by atoms with Crippen molar-refractivity contribution in [1.29, 1.82) is 0 Å². The van der Waals surface area contributed by atoms with Crippen LogP contribution in [-0.2, 0) is 14.8 Å². The molecule has 26 heavy (non-hydrogen) atoms. The van der Waals surface area contributed by atoms with Gasteiger partial charge in [0.25, 0.3) is 5.91 Å². The van der Waals surface area contributed by atoms with Crippen LogP contribution in [0.1, 0.15) is 29.3 Å². The number of nitrogens with one attached hydrogen (secondary N) is 2. The van der Waals surface area contributed by atoms with Crippen LogP contribution in [0.5, 0.6) is 0 Å². The van der Waals surface area contributed by atoms with Crippen LogP contribution in [0.4, 0.5) is 0 Å². The van der Waals surface area contributed by atoms with Gasteiger partial charge in [-0.3, -0.25) is 4.79 Å². The number of hydrogen-bond acceptors (Lipinski definition) is 5. The lowest BCUT2D eigenvalue weighted by Crippen LogP contribution is -2.50. The zero-order valence-electron chi connectivity index (χ0n) is 15.3. The van der Waals surface area contributed by atoms with Crippen molar-refractivity contribution in [3.8, 4) is 0 Å². The average Bonchev–Trinajstić information content (AvgIpc) is 2.64. The summed E-state index contributed by atoms with van der Waals surface area (Å²) in [7, 11) is -3.63. The number of amides is 1. The van der Waals surface area contributed by atoms with Crippen LogP contribution in [-0.4, -0.2) is 64.1 Å². The summed E-state index contributed by atoms with van der Waals surface area (Å²) in [6.07, 6.45) is 1.01. The van der Waals surface area contributed by atoms with Gasteiger partial charge < -0.3 is 15.4 Å². The van der Waals surface area contributed by atoms with E-state index in [-0.39, 0.29) is 16.8 Å². The summed E-state index contributed by atoms with van der Waals surface area (Å²) in [6, 6.07) is 4.93. The molecule has 0 radical (unpaired) electrons. The third-order valence-corrected chi connectivity index (χ3v) is 7.22. The number of carbonyl (C=O) groups excluding carboxylic acids is 1. The van der Waals surface area contributed by atoms with Gasteiger partial charge in [-0.2, -0.15) is 4.31 Å². The van der Waals surface area contributed by atoms with Crippen LogP contribution in [0.3, 0.4) is 0 Å². The summed E-state index contributed by atoms with van der Waals surface area (Å²) in [5, 5.41) is 6.31. The number of nitrogens with zero attached hydrogens (tertiary/aromatic N) is 1. The van der Waals surface area contributed by atoms with Crippen molar-refractivity contribution in [1.82, 2.24) is 14.9 Å². The molecule has 2 aliphatic rings. The zero-order valence-corrected chi connectivity index (χ0v) is 16.1. The molecule has 144 valence electrons. The van der Waals surface area contributed by atoms with Crippen molar-refractivity contribution in [2.45, 2.75) is 31.2 Å². The number of carbonyl (C=O) groups is 1. The molecule has 2 heterocycles. The summed E-state index contributed by atoms with van der Waals surface area (Å²) < 4.78 is 32.6. The molecule has 3 rings (SSSR count). The Morgan fingerprint density at radius 1 is 1.31 bits per heavy atom. The molecular weight excluding hydrogens is 354 g/mol. The highest BCUT2D eigenvalue weighted by Gasteiger charge is 2.29. The van der Waals surface area contributed by atoms with Crippen LogP contribution >= 0.6 is 0 Å². The second-order valence-corrected chi connectivity index (χ2v) is 8.95. The molecule has 2 unspecified atom stereocenters. The first kappa shape index (κ1) is 19.3. The normalized spacial score (nSPS) is 25.0. The average molecular weight is 381 g/mol. The third kappa shape index (κ3) is 4.09. The first-order valence-corrected chi connectivity index (χ1v) is 10.5. The van der Waals surface area contributed by atoms with Gasteiger partial charge in [0.05, 0.1) is 18.1 Å². The van der Waals surface area contributed by atoms with Crippen molar-refractivity contribution in [2.75, 3.05) is 39.4 Å².